The van der Waals surface area contributed by atoms with Crippen LogP contribution in [-0.2, 0) is 0 Å². The van der Waals surface area contributed by atoms with Gasteiger partial charge in [0.1, 0.15) is 5.82 Å². The molecular weight excluding hydrogens is 301 g/mol. The molecule has 0 spiro atoms. The molecule has 0 atom stereocenters. The molecule has 1 heterocycles. The number of thiocarbonyl (C=S) groups is 1. The van der Waals surface area contributed by atoms with Crippen LogP contribution < -0.4 is 10.6 Å². The first-order valence-electron chi connectivity index (χ1n) is 5.50. The molecule has 0 unspecified atom stereocenters. The Kier molecular flexibility index (Phi) is 4.58. The van der Waals surface area contributed by atoms with E-state index in [-0.39, 0.29) is 0 Å². The Labute approximate surface area is 127 Å². The fraction of sp³-hybridized carbons (Fsp3) is 0.0769. The molecule has 3 nitrogen and oxygen atoms in total. The van der Waals surface area contributed by atoms with Gasteiger partial charge in [0.25, 0.3) is 0 Å². The second kappa shape index (κ2) is 6.19. The van der Waals surface area contributed by atoms with Gasteiger partial charge in [0.2, 0.25) is 0 Å². The van der Waals surface area contributed by atoms with Gasteiger partial charge in [0.15, 0.2) is 5.11 Å². The van der Waals surface area contributed by atoms with Crippen molar-refractivity contribution in [2.45, 2.75) is 6.92 Å². The van der Waals surface area contributed by atoms with E-state index in [2.05, 4.69) is 15.6 Å². The van der Waals surface area contributed by atoms with Crippen LogP contribution in [0, 0.1) is 6.92 Å². The molecule has 19 heavy (non-hydrogen) atoms. The number of aryl methyl sites for hydroxylation is 1. The zero-order valence-electron chi connectivity index (χ0n) is 10.1. The lowest BCUT2D eigenvalue weighted by atomic mass is 10.3. The van der Waals surface area contributed by atoms with E-state index in [1.54, 1.807) is 24.4 Å². The predicted octanol–water partition coefficient (Wildman–Crippen LogP) is 4.51. The molecule has 2 N–H and O–H groups in total. The van der Waals surface area contributed by atoms with Gasteiger partial charge in [0.05, 0.1) is 0 Å². The number of rotatable bonds is 2. The van der Waals surface area contributed by atoms with Crippen molar-refractivity contribution in [1.82, 2.24) is 4.98 Å². The maximum Gasteiger partial charge on any atom is 0.176 e. The molecule has 1 aromatic carbocycles. The van der Waals surface area contributed by atoms with Gasteiger partial charge < -0.3 is 10.6 Å². The van der Waals surface area contributed by atoms with E-state index in [4.69, 9.17) is 35.4 Å². The summed E-state index contributed by atoms with van der Waals surface area (Å²) in [6, 6.07) is 8.96. The lowest BCUT2D eigenvalue weighted by Gasteiger charge is -2.10. The van der Waals surface area contributed by atoms with E-state index < -0.39 is 0 Å². The lowest BCUT2D eigenvalue weighted by Crippen LogP contribution is -2.19. The quantitative estimate of drug-likeness (QED) is 0.800. The van der Waals surface area contributed by atoms with Crippen molar-refractivity contribution < 1.29 is 0 Å². The van der Waals surface area contributed by atoms with Gasteiger partial charge in [-0.1, -0.05) is 23.2 Å². The maximum atomic E-state index is 5.91. The number of halogens is 2. The van der Waals surface area contributed by atoms with Crippen LogP contribution in [0.25, 0.3) is 0 Å². The van der Waals surface area contributed by atoms with Crippen LogP contribution >= 0.6 is 35.4 Å². The predicted molar refractivity (Wildman–Crippen MR) is 85.3 cm³/mol. The van der Waals surface area contributed by atoms with Gasteiger partial charge >= 0.3 is 0 Å². The zero-order valence-corrected chi connectivity index (χ0v) is 12.4. The zero-order chi connectivity index (χ0) is 13.8. The number of aromatic nitrogens is 1. The Morgan fingerprint density at radius 2 is 1.79 bits per heavy atom. The first-order chi connectivity index (χ1) is 9.02. The second-order valence-corrected chi connectivity index (χ2v) is 5.24. The van der Waals surface area contributed by atoms with Crippen molar-refractivity contribution in [3.8, 4) is 0 Å². The molecule has 1 aromatic heterocycles. The summed E-state index contributed by atoms with van der Waals surface area (Å²) < 4.78 is 0. The molecule has 0 fully saturated rings. The van der Waals surface area contributed by atoms with E-state index in [1.807, 2.05) is 19.1 Å². The van der Waals surface area contributed by atoms with Crippen LogP contribution in [-0.4, -0.2) is 10.1 Å². The third-order valence-corrected chi connectivity index (χ3v) is 2.92. The number of hydrogen-bond acceptors (Lipinski definition) is 2. The Balaban J connectivity index is 2.05. The average Bonchev–Trinajstić information content (AvgIpc) is 2.26. The van der Waals surface area contributed by atoms with E-state index in [1.165, 1.54) is 0 Å². The van der Waals surface area contributed by atoms with Crippen LogP contribution in [0.5, 0.6) is 0 Å². The van der Waals surface area contributed by atoms with Gasteiger partial charge in [0, 0.05) is 21.9 Å². The number of benzene rings is 1. The molecule has 0 aliphatic carbocycles. The van der Waals surface area contributed by atoms with Crippen molar-refractivity contribution in [3.63, 3.8) is 0 Å². The number of pyridine rings is 1. The minimum Gasteiger partial charge on any atom is -0.332 e. The molecule has 0 aliphatic heterocycles. The highest BCUT2D eigenvalue weighted by Gasteiger charge is 2.02. The normalized spacial score (nSPS) is 10.1. The van der Waals surface area contributed by atoms with Gasteiger partial charge in [-0.25, -0.2) is 4.98 Å². The molecule has 0 saturated heterocycles. The van der Waals surface area contributed by atoms with Gasteiger partial charge in [-0.3, -0.25) is 0 Å². The van der Waals surface area contributed by atoms with Gasteiger partial charge in [-0.15, -0.1) is 0 Å². The Bertz CT molecular complexity index is 596. The minimum atomic E-state index is 0.427. The minimum absolute atomic E-state index is 0.427. The summed E-state index contributed by atoms with van der Waals surface area (Å²) in [7, 11) is 0. The van der Waals surface area contributed by atoms with Crippen molar-refractivity contribution in [3.05, 3.63) is 52.1 Å². The Morgan fingerprint density at radius 3 is 2.42 bits per heavy atom. The molecule has 0 amide bonds. The average molecular weight is 312 g/mol. The van der Waals surface area contributed by atoms with E-state index in [0.29, 0.717) is 21.0 Å². The van der Waals surface area contributed by atoms with Crippen LogP contribution in [0.4, 0.5) is 11.5 Å². The molecule has 2 aromatic rings. The van der Waals surface area contributed by atoms with Gasteiger partial charge in [-0.05, 0) is 55.0 Å². The number of anilines is 2. The summed E-state index contributed by atoms with van der Waals surface area (Å²) in [6.45, 7) is 1.99. The van der Waals surface area contributed by atoms with Crippen LogP contribution in [0.3, 0.4) is 0 Å². The molecule has 0 radical (unpaired) electrons. The van der Waals surface area contributed by atoms with E-state index in [9.17, 15) is 0 Å². The Hall–Kier alpha value is -1.36. The SMILES string of the molecule is Cc1ccnc(NC(=S)Nc2cc(Cl)cc(Cl)c2)c1. The van der Waals surface area contributed by atoms with E-state index >= 15 is 0 Å². The summed E-state index contributed by atoms with van der Waals surface area (Å²) in [6.07, 6.45) is 1.72. The molecule has 0 saturated carbocycles. The third kappa shape index (κ3) is 4.35. The highest BCUT2D eigenvalue weighted by Crippen LogP contribution is 2.22. The number of nitrogens with one attached hydrogen (secondary N) is 2. The standard InChI is InChI=1S/C13H11Cl2N3S/c1-8-2-3-16-12(4-8)18-13(19)17-11-6-9(14)5-10(15)7-11/h2-7H,1H3,(H2,16,17,18,19). The first kappa shape index (κ1) is 14.1. The fourth-order valence-corrected chi connectivity index (χ4v) is 2.26. The van der Waals surface area contributed by atoms with Crippen LogP contribution in [0.15, 0.2) is 36.5 Å². The summed E-state index contributed by atoms with van der Waals surface area (Å²) in [5, 5.41) is 7.52. The van der Waals surface area contributed by atoms with Crippen molar-refractivity contribution >= 4 is 52.0 Å². The highest BCUT2D eigenvalue weighted by molar-refractivity contribution is 7.80. The van der Waals surface area contributed by atoms with Crippen molar-refractivity contribution in [2.24, 2.45) is 0 Å². The topological polar surface area (TPSA) is 37.0 Å². The van der Waals surface area contributed by atoms with Crippen molar-refractivity contribution in [1.29, 1.82) is 0 Å². The van der Waals surface area contributed by atoms with Crippen LogP contribution in [0.1, 0.15) is 5.56 Å². The molecule has 6 heteroatoms. The molecule has 2 rings (SSSR count). The molecule has 0 bridgehead atoms. The van der Waals surface area contributed by atoms with Crippen LogP contribution in [0.2, 0.25) is 10.0 Å². The van der Waals surface area contributed by atoms with E-state index in [0.717, 1.165) is 11.3 Å². The lowest BCUT2D eigenvalue weighted by molar-refractivity contribution is 1.28. The maximum absolute atomic E-state index is 5.91. The largest absolute Gasteiger partial charge is 0.332 e. The fourth-order valence-electron chi connectivity index (χ4n) is 1.51. The summed E-state index contributed by atoms with van der Waals surface area (Å²) >= 11 is 17.0. The molecule has 98 valence electrons. The monoisotopic (exact) mass is 311 g/mol. The second-order valence-electron chi connectivity index (χ2n) is 3.96. The molecular formula is C13H11Cl2N3S. The smallest absolute Gasteiger partial charge is 0.176 e. The van der Waals surface area contributed by atoms with Crippen molar-refractivity contribution in [2.75, 3.05) is 10.6 Å². The summed E-state index contributed by atoms with van der Waals surface area (Å²) in [5.74, 6) is 0.686. The Morgan fingerprint density at radius 1 is 1.11 bits per heavy atom. The first-order valence-corrected chi connectivity index (χ1v) is 6.66. The third-order valence-electron chi connectivity index (χ3n) is 2.28. The number of nitrogens with zero attached hydrogens (tertiary/aromatic N) is 1. The summed E-state index contributed by atoms with van der Waals surface area (Å²) in [4.78, 5) is 4.17. The van der Waals surface area contributed by atoms with Gasteiger partial charge in [-0.2, -0.15) is 0 Å². The highest BCUT2D eigenvalue weighted by atomic mass is 35.5. The summed E-state index contributed by atoms with van der Waals surface area (Å²) in [5.41, 5.74) is 1.83. The number of hydrogen-bond donors (Lipinski definition) is 2. The molecule has 0 aliphatic rings.